The van der Waals surface area contributed by atoms with Gasteiger partial charge in [-0.05, 0) is 13.0 Å². The Morgan fingerprint density at radius 2 is 2.20 bits per heavy atom. The van der Waals surface area contributed by atoms with Gasteiger partial charge in [-0.15, -0.1) is 6.42 Å². The summed E-state index contributed by atoms with van der Waals surface area (Å²) in [6, 6.07) is 7.44. The zero-order chi connectivity index (χ0) is 17.8. The van der Waals surface area contributed by atoms with Gasteiger partial charge in [0, 0.05) is 17.9 Å². The molecule has 0 saturated carbocycles. The molecule has 128 valence electrons. The highest BCUT2D eigenvalue weighted by Gasteiger charge is 2.32. The van der Waals surface area contributed by atoms with Gasteiger partial charge >= 0.3 is 0 Å². The van der Waals surface area contributed by atoms with Crippen molar-refractivity contribution < 1.29 is 9.53 Å². The second-order valence-electron chi connectivity index (χ2n) is 5.40. The van der Waals surface area contributed by atoms with Crippen LogP contribution in [0.4, 0.5) is 5.82 Å². The van der Waals surface area contributed by atoms with E-state index in [4.69, 9.17) is 11.2 Å². The first kappa shape index (κ1) is 17.1. The number of ether oxygens (including phenoxy) is 1. The lowest BCUT2D eigenvalue weighted by Crippen LogP contribution is -2.31. The number of carbonyl (C=O) groups excluding carboxylic acids is 1. The van der Waals surface area contributed by atoms with Crippen molar-refractivity contribution in [1.29, 1.82) is 0 Å². The number of para-hydroxylation sites is 1. The van der Waals surface area contributed by atoms with Crippen LogP contribution < -0.4 is 15.6 Å². The number of hydrogen-bond acceptors (Lipinski definition) is 5. The molecule has 1 atom stereocenters. The van der Waals surface area contributed by atoms with E-state index in [9.17, 15) is 9.59 Å². The first-order valence-corrected chi connectivity index (χ1v) is 8.84. The van der Waals surface area contributed by atoms with Crippen molar-refractivity contribution in [2.45, 2.75) is 24.4 Å². The monoisotopic (exact) mass is 355 g/mol. The van der Waals surface area contributed by atoms with Crippen molar-refractivity contribution in [2.75, 3.05) is 17.7 Å². The molecule has 0 radical (unpaired) electrons. The van der Waals surface area contributed by atoms with Crippen LogP contribution in [-0.4, -0.2) is 28.2 Å². The third-order valence-corrected chi connectivity index (χ3v) is 4.59. The van der Waals surface area contributed by atoms with E-state index in [0.29, 0.717) is 28.8 Å². The number of amides is 1. The number of anilines is 1. The maximum atomic E-state index is 12.7. The quantitative estimate of drug-likeness (QED) is 0.489. The Labute approximate surface area is 149 Å². The number of fused-ring (bicyclic) bond motifs is 1. The van der Waals surface area contributed by atoms with Gasteiger partial charge in [0.2, 0.25) is 5.91 Å². The molecule has 0 fully saturated rings. The Morgan fingerprint density at radius 3 is 2.96 bits per heavy atom. The topological polar surface area (TPSA) is 84.1 Å². The molecule has 0 saturated heterocycles. The van der Waals surface area contributed by atoms with Gasteiger partial charge in [0.05, 0.1) is 17.9 Å². The van der Waals surface area contributed by atoms with Gasteiger partial charge in [0.1, 0.15) is 11.6 Å². The molecule has 2 N–H and O–H groups in total. The lowest BCUT2D eigenvalue weighted by molar-refractivity contribution is -0.116. The van der Waals surface area contributed by atoms with Crippen LogP contribution in [0.15, 0.2) is 34.2 Å². The van der Waals surface area contributed by atoms with E-state index >= 15 is 0 Å². The number of aromatic amines is 1. The fourth-order valence-electron chi connectivity index (χ4n) is 2.85. The fraction of sp³-hybridized carbons (Fsp3) is 0.278. The van der Waals surface area contributed by atoms with Gasteiger partial charge in [-0.25, -0.2) is 4.98 Å². The molecular weight excluding hydrogens is 338 g/mol. The lowest BCUT2D eigenvalue weighted by Gasteiger charge is -2.25. The van der Waals surface area contributed by atoms with E-state index in [-0.39, 0.29) is 23.7 Å². The number of aromatic nitrogens is 2. The van der Waals surface area contributed by atoms with E-state index in [1.54, 1.807) is 0 Å². The molecule has 7 heteroatoms. The van der Waals surface area contributed by atoms with Crippen molar-refractivity contribution >= 4 is 23.5 Å². The summed E-state index contributed by atoms with van der Waals surface area (Å²) in [5.41, 5.74) is 0.967. The molecule has 2 aromatic rings. The minimum atomic E-state index is -0.408. The molecule has 1 amide bonds. The molecule has 2 heterocycles. The van der Waals surface area contributed by atoms with Crippen molar-refractivity contribution in [3.8, 4) is 18.1 Å². The van der Waals surface area contributed by atoms with Gasteiger partial charge < -0.3 is 15.0 Å². The highest BCUT2D eigenvalue weighted by atomic mass is 32.2. The van der Waals surface area contributed by atoms with Gasteiger partial charge in [0.15, 0.2) is 5.16 Å². The number of rotatable bonds is 5. The lowest BCUT2D eigenvalue weighted by atomic mass is 9.86. The number of nitrogens with zero attached hydrogens (tertiary/aromatic N) is 1. The Morgan fingerprint density at radius 1 is 1.40 bits per heavy atom. The van der Waals surface area contributed by atoms with E-state index in [2.05, 4.69) is 21.2 Å². The average Bonchev–Trinajstić information content (AvgIpc) is 2.59. The first-order chi connectivity index (χ1) is 12.1. The molecule has 1 aliphatic heterocycles. The molecule has 0 aliphatic carbocycles. The van der Waals surface area contributed by atoms with Gasteiger partial charge in [-0.2, -0.15) is 0 Å². The summed E-state index contributed by atoms with van der Waals surface area (Å²) in [7, 11) is 0. The van der Waals surface area contributed by atoms with Crippen molar-refractivity contribution in [3.63, 3.8) is 0 Å². The Bertz CT molecular complexity index is 901. The summed E-state index contributed by atoms with van der Waals surface area (Å²) in [4.78, 5) is 31.9. The highest BCUT2D eigenvalue weighted by Crippen LogP contribution is 2.38. The van der Waals surface area contributed by atoms with Crippen LogP contribution in [-0.2, 0) is 4.79 Å². The molecule has 1 aliphatic rings. The maximum absolute atomic E-state index is 12.7. The zero-order valence-corrected chi connectivity index (χ0v) is 14.5. The second-order valence-corrected chi connectivity index (χ2v) is 6.37. The maximum Gasteiger partial charge on any atom is 0.257 e. The Balaban J connectivity index is 2.10. The Kier molecular flexibility index (Phi) is 5.10. The van der Waals surface area contributed by atoms with Crippen molar-refractivity contribution in [2.24, 2.45) is 0 Å². The highest BCUT2D eigenvalue weighted by molar-refractivity contribution is 7.99. The number of H-pyrrole nitrogens is 1. The van der Waals surface area contributed by atoms with Crippen LogP contribution in [0.1, 0.15) is 30.4 Å². The number of thioether (sulfide) groups is 1. The number of carbonyl (C=O) groups is 1. The molecule has 6 nitrogen and oxygen atoms in total. The van der Waals surface area contributed by atoms with E-state index in [1.165, 1.54) is 11.8 Å². The van der Waals surface area contributed by atoms with Gasteiger partial charge in [-0.3, -0.25) is 9.59 Å². The molecule has 0 unspecified atom stereocenters. The van der Waals surface area contributed by atoms with E-state index in [0.717, 1.165) is 5.56 Å². The summed E-state index contributed by atoms with van der Waals surface area (Å²) in [6.07, 6.45) is 5.41. The second kappa shape index (κ2) is 7.45. The van der Waals surface area contributed by atoms with E-state index < -0.39 is 5.92 Å². The summed E-state index contributed by atoms with van der Waals surface area (Å²) in [5, 5.41) is 3.08. The summed E-state index contributed by atoms with van der Waals surface area (Å²) < 4.78 is 5.67. The van der Waals surface area contributed by atoms with Crippen molar-refractivity contribution in [3.05, 3.63) is 45.7 Å². The molecule has 25 heavy (non-hydrogen) atoms. The third kappa shape index (κ3) is 3.54. The molecule has 0 bridgehead atoms. The number of benzene rings is 1. The van der Waals surface area contributed by atoms with Crippen LogP contribution in [0, 0.1) is 12.3 Å². The smallest absolute Gasteiger partial charge is 0.257 e. The molecule has 3 rings (SSSR count). The fourth-order valence-corrected chi connectivity index (χ4v) is 3.39. The van der Waals surface area contributed by atoms with E-state index in [1.807, 2.05) is 31.2 Å². The number of hydrogen-bond donors (Lipinski definition) is 2. The standard InChI is InChI=1S/C18H17N3O3S/c1-3-9-25-18-20-16-15(17(23)21-18)12(10-14(22)19-16)11-7-5-6-8-13(11)24-4-2/h1,5-8,12H,4,9-10H2,2H3,(H2,19,20,21,22,23)/t12-/m0/s1. The molecule has 1 aromatic heterocycles. The van der Waals surface area contributed by atoms with Gasteiger partial charge in [-0.1, -0.05) is 35.9 Å². The zero-order valence-electron chi connectivity index (χ0n) is 13.7. The molecule has 0 spiro atoms. The van der Waals surface area contributed by atoms with Crippen molar-refractivity contribution in [1.82, 2.24) is 9.97 Å². The summed E-state index contributed by atoms with van der Waals surface area (Å²) in [5.74, 6) is 3.22. The minimum Gasteiger partial charge on any atom is -0.494 e. The Hall–Kier alpha value is -2.72. The van der Waals surface area contributed by atoms with Crippen LogP contribution >= 0.6 is 11.8 Å². The van der Waals surface area contributed by atoms with Crippen LogP contribution in [0.25, 0.3) is 0 Å². The summed E-state index contributed by atoms with van der Waals surface area (Å²) >= 11 is 1.24. The number of terminal acetylenes is 1. The average molecular weight is 355 g/mol. The normalized spacial score (nSPS) is 15.8. The van der Waals surface area contributed by atoms with Crippen LogP contribution in [0.2, 0.25) is 0 Å². The van der Waals surface area contributed by atoms with Crippen LogP contribution in [0.5, 0.6) is 5.75 Å². The predicted octanol–water partition coefficient (Wildman–Crippen LogP) is 2.37. The largest absolute Gasteiger partial charge is 0.494 e. The number of nitrogens with one attached hydrogen (secondary N) is 2. The summed E-state index contributed by atoms with van der Waals surface area (Å²) in [6.45, 7) is 2.39. The first-order valence-electron chi connectivity index (χ1n) is 7.86. The minimum absolute atomic E-state index is 0.165. The SMILES string of the molecule is C#CCSc1nc2c(c(=O)[nH]1)[C@H](c1ccccc1OCC)CC(=O)N2. The van der Waals surface area contributed by atoms with Gasteiger partial charge in [0.25, 0.3) is 5.56 Å². The van der Waals surface area contributed by atoms with Crippen LogP contribution in [0.3, 0.4) is 0 Å². The molecule has 1 aromatic carbocycles. The molecular formula is C18H17N3O3S. The third-order valence-electron chi connectivity index (χ3n) is 3.82. The predicted molar refractivity (Wildman–Crippen MR) is 97.1 cm³/mol.